The van der Waals surface area contributed by atoms with Gasteiger partial charge in [0, 0.05) is 17.2 Å². The number of hydrogen-bond acceptors (Lipinski definition) is 6. The molecule has 1 unspecified atom stereocenters. The van der Waals surface area contributed by atoms with Crippen LogP contribution in [0.3, 0.4) is 0 Å². The van der Waals surface area contributed by atoms with Crippen molar-refractivity contribution in [1.29, 1.82) is 0 Å². The Kier molecular flexibility index (Phi) is 8.71. The van der Waals surface area contributed by atoms with Crippen LogP contribution < -0.4 is 5.56 Å². The maximum Gasteiger partial charge on any atom is 0.304 e. The smallest absolute Gasteiger partial charge is 0.304 e. The lowest BCUT2D eigenvalue weighted by atomic mass is 9.91. The lowest BCUT2D eigenvalue weighted by Gasteiger charge is -2.19. The average molecular weight is 437 g/mol. The fourth-order valence-corrected chi connectivity index (χ4v) is 4.03. The van der Waals surface area contributed by atoms with Crippen LogP contribution in [0, 0.1) is 5.92 Å². The van der Waals surface area contributed by atoms with Crippen LogP contribution in [0.1, 0.15) is 45.6 Å². The molecule has 7 nitrogen and oxygen atoms in total. The Labute approximate surface area is 177 Å². The molecule has 0 spiro atoms. The van der Waals surface area contributed by atoms with Crippen molar-refractivity contribution in [3.05, 3.63) is 34.9 Å². The molecule has 1 aromatic heterocycles. The minimum atomic E-state index is -1.34. The number of thioether (sulfide) groups is 1. The van der Waals surface area contributed by atoms with Crippen LogP contribution in [-0.4, -0.2) is 44.6 Å². The molecular formula is C21H25FN2O5S. The molecule has 2 atom stereocenters. The monoisotopic (exact) mass is 436 g/mol. The Morgan fingerprint density at radius 1 is 1.20 bits per heavy atom. The number of aromatic nitrogens is 2. The van der Waals surface area contributed by atoms with Gasteiger partial charge >= 0.3 is 5.97 Å². The highest BCUT2D eigenvalue weighted by Gasteiger charge is 2.29. The number of carboxylic acids is 1. The van der Waals surface area contributed by atoms with Gasteiger partial charge in [-0.1, -0.05) is 13.8 Å². The van der Waals surface area contributed by atoms with Crippen LogP contribution >= 0.6 is 11.8 Å². The number of rotatable bonds is 12. The van der Waals surface area contributed by atoms with Gasteiger partial charge in [-0.25, -0.2) is 9.37 Å². The fourth-order valence-electron chi connectivity index (χ4n) is 3.22. The number of carbonyl (C=O) groups excluding carboxylic acids is 2. The molecule has 9 heteroatoms. The topological polar surface area (TPSA) is 106 Å². The first-order valence-corrected chi connectivity index (χ1v) is 10.8. The molecule has 0 bridgehead atoms. The number of halogens is 1. The van der Waals surface area contributed by atoms with Gasteiger partial charge in [0.2, 0.25) is 0 Å². The highest BCUT2D eigenvalue weighted by atomic mass is 32.2. The Morgan fingerprint density at radius 3 is 2.53 bits per heavy atom. The van der Waals surface area contributed by atoms with E-state index in [1.54, 1.807) is 30.8 Å². The van der Waals surface area contributed by atoms with Gasteiger partial charge in [-0.2, -0.15) is 0 Å². The third-order valence-electron chi connectivity index (χ3n) is 4.78. The first-order chi connectivity index (χ1) is 14.3. The Morgan fingerprint density at radius 2 is 1.93 bits per heavy atom. The van der Waals surface area contributed by atoms with E-state index in [1.165, 1.54) is 10.9 Å². The summed E-state index contributed by atoms with van der Waals surface area (Å²) in [5.74, 6) is -3.06. The molecular weight excluding hydrogens is 411 g/mol. The molecule has 0 aliphatic rings. The molecule has 162 valence electrons. The zero-order valence-electron chi connectivity index (χ0n) is 17.0. The molecule has 0 aliphatic carbocycles. The molecule has 0 saturated carbocycles. The van der Waals surface area contributed by atoms with E-state index >= 15 is 0 Å². The Bertz CT molecular complexity index is 991. The van der Waals surface area contributed by atoms with Crippen LogP contribution in [0.4, 0.5) is 4.39 Å². The van der Waals surface area contributed by atoms with Gasteiger partial charge < -0.3 is 5.11 Å². The van der Waals surface area contributed by atoms with Crippen molar-refractivity contribution in [2.45, 2.75) is 50.5 Å². The second-order valence-electron chi connectivity index (χ2n) is 6.97. The minimum Gasteiger partial charge on any atom is -0.481 e. The second-order valence-corrected chi connectivity index (χ2v) is 8.14. The Hall–Kier alpha value is -2.55. The van der Waals surface area contributed by atoms with Crippen LogP contribution in [0.15, 0.2) is 34.2 Å². The van der Waals surface area contributed by atoms with Gasteiger partial charge in [-0.05, 0) is 36.8 Å². The Balaban J connectivity index is 2.37. The number of carboxylic acid groups (broad SMARTS) is 1. The lowest BCUT2D eigenvalue weighted by molar-refractivity contribution is -0.141. The van der Waals surface area contributed by atoms with Gasteiger partial charge in [0.15, 0.2) is 11.6 Å². The van der Waals surface area contributed by atoms with Crippen LogP contribution in [-0.2, 0) is 14.4 Å². The van der Waals surface area contributed by atoms with E-state index in [9.17, 15) is 23.6 Å². The molecule has 0 saturated heterocycles. The number of nitrogens with zero attached hydrogens (tertiary/aromatic N) is 2. The zero-order valence-corrected chi connectivity index (χ0v) is 17.8. The summed E-state index contributed by atoms with van der Waals surface area (Å²) in [5, 5.41) is 9.33. The van der Waals surface area contributed by atoms with E-state index < -0.39 is 49.0 Å². The number of fused-ring (bicyclic) bond motifs is 1. The predicted molar refractivity (Wildman–Crippen MR) is 113 cm³/mol. The van der Waals surface area contributed by atoms with E-state index in [0.717, 1.165) is 17.1 Å². The molecule has 0 aliphatic heterocycles. The molecule has 2 rings (SSSR count). The molecule has 1 heterocycles. The quantitative estimate of drug-likeness (QED) is 0.508. The molecule has 0 amide bonds. The van der Waals surface area contributed by atoms with Gasteiger partial charge in [0.25, 0.3) is 5.56 Å². The van der Waals surface area contributed by atoms with E-state index in [-0.39, 0.29) is 12.0 Å². The summed E-state index contributed by atoms with van der Waals surface area (Å²) in [7, 11) is 0. The summed E-state index contributed by atoms with van der Waals surface area (Å²) < 4.78 is 14.0. The van der Waals surface area contributed by atoms with Crippen molar-refractivity contribution in [3.63, 3.8) is 0 Å². The van der Waals surface area contributed by atoms with E-state index in [0.29, 0.717) is 10.9 Å². The second kappa shape index (κ2) is 11.0. The molecule has 1 N–H and O–H groups in total. The first kappa shape index (κ1) is 23.7. The van der Waals surface area contributed by atoms with Crippen molar-refractivity contribution in [1.82, 2.24) is 9.55 Å². The number of Topliss-reactive ketones (excluding diaryl/α,β-unsaturated/α-hetero) is 2. The lowest BCUT2D eigenvalue weighted by Crippen LogP contribution is -2.32. The number of carbonyl (C=O) groups is 3. The third kappa shape index (κ3) is 5.75. The normalized spacial score (nSPS) is 13.2. The highest BCUT2D eigenvalue weighted by Crippen LogP contribution is 2.23. The van der Waals surface area contributed by atoms with Crippen LogP contribution in [0.5, 0.6) is 0 Å². The van der Waals surface area contributed by atoms with E-state index in [1.807, 2.05) is 6.07 Å². The standard InChI is InChI=1S/C21H25FN2O5S/c1-3-7-30-14-5-6-16-15(10-14)21(29)24(12-23-16)17(4-2)18(25)8-13(9-20(27)28)19(26)11-22/h5-6,10,12-13,17H,3-4,7-9,11H2,1-2H3,(H,27,28)/t13?,17-/m0/s1. The van der Waals surface area contributed by atoms with Crippen molar-refractivity contribution < 1.29 is 23.9 Å². The van der Waals surface area contributed by atoms with Gasteiger partial charge in [-0.3, -0.25) is 23.7 Å². The molecule has 0 radical (unpaired) electrons. The largest absolute Gasteiger partial charge is 0.481 e. The molecule has 0 fully saturated rings. The highest BCUT2D eigenvalue weighted by molar-refractivity contribution is 7.99. The van der Waals surface area contributed by atoms with E-state index in [2.05, 4.69) is 11.9 Å². The number of benzene rings is 1. The summed E-state index contributed by atoms with van der Waals surface area (Å²) in [5.41, 5.74) is 0.126. The predicted octanol–water partition coefficient (Wildman–Crippen LogP) is 3.44. The molecule has 2 aromatic rings. The summed E-state index contributed by atoms with van der Waals surface area (Å²) in [6, 6.07) is 4.48. The van der Waals surface area contributed by atoms with Crippen molar-refractivity contribution in [2.75, 3.05) is 12.4 Å². The van der Waals surface area contributed by atoms with Crippen molar-refractivity contribution in [3.8, 4) is 0 Å². The van der Waals surface area contributed by atoms with Crippen LogP contribution in [0.2, 0.25) is 0 Å². The summed E-state index contributed by atoms with van der Waals surface area (Å²) in [4.78, 5) is 53.8. The summed E-state index contributed by atoms with van der Waals surface area (Å²) in [6.45, 7) is 2.43. The first-order valence-electron chi connectivity index (χ1n) is 9.79. The van der Waals surface area contributed by atoms with Gasteiger partial charge in [0.1, 0.15) is 6.67 Å². The number of hydrogen-bond donors (Lipinski definition) is 1. The summed E-state index contributed by atoms with van der Waals surface area (Å²) >= 11 is 1.62. The van der Waals surface area contributed by atoms with E-state index in [4.69, 9.17) is 5.11 Å². The minimum absolute atomic E-state index is 0.250. The van der Waals surface area contributed by atoms with Crippen molar-refractivity contribution >= 4 is 40.2 Å². The van der Waals surface area contributed by atoms with Crippen molar-refractivity contribution in [2.24, 2.45) is 5.92 Å². The van der Waals surface area contributed by atoms with Crippen LogP contribution in [0.25, 0.3) is 10.9 Å². The number of alkyl halides is 1. The summed E-state index contributed by atoms with van der Waals surface area (Å²) in [6.07, 6.45) is 1.46. The number of aliphatic carboxylic acids is 1. The maximum absolute atomic E-state index is 13.1. The zero-order chi connectivity index (χ0) is 22.3. The SMILES string of the molecule is CCCSc1ccc2ncn([C@@H](CC)C(=O)CC(CC(=O)O)C(=O)CF)c(=O)c2c1. The number of ketones is 2. The third-order valence-corrected chi connectivity index (χ3v) is 5.98. The average Bonchev–Trinajstić information content (AvgIpc) is 2.73. The molecule has 1 aromatic carbocycles. The van der Waals surface area contributed by atoms with Gasteiger partial charge in [0.05, 0.1) is 29.7 Å². The van der Waals surface area contributed by atoms with Gasteiger partial charge in [-0.15, -0.1) is 11.8 Å². The fraction of sp³-hybridized carbons (Fsp3) is 0.476. The molecule has 30 heavy (non-hydrogen) atoms. The maximum atomic E-state index is 13.1.